The van der Waals surface area contributed by atoms with Crippen molar-refractivity contribution < 1.29 is 18.3 Å². The lowest BCUT2D eigenvalue weighted by Gasteiger charge is -2.26. The molecule has 0 saturated heterocycles. The minimum Gasteiger partial charge on any atom is -0.491 e. The average Bonchev–Trinajstić information content (AvgIpc) is 2.58. The standard InChI is InChI=1S/C18H24N2O4S/c1-3-20(16-7-5-4-6-8-16)13-17(21)14-24-18-11-9-15(10-12-18)19-25(2,22)23/h4-12,17,19,21H,3,13-14H2,1-2H3. The largest absolute Gasteiger partial charge is 0.491 e. The second kappa shape index (κ2) is 8.73. The fourth-order valence-electron chi connectivity index (χ4n) is 2.39. The van der Waals surface area contributed by atoms with Gasteiger partial charge in [0, 0.05) is 24.5 Å². The van der Waals surface area contributed by atoms with Crippen LogP contribution in [-0.2, 0) is 10.0 Å². The normalized spacial score (nSPS) is 12.4. The van der Waals surface area contributed by atoms with Gasteiger partial charge in [0.05, 0.1) is 6.26 Å². The van der Waals surface area contributed by atoms with Crippen LogP contribution in [0.4, 0.5) is 11.4 Å². The van der Waals surface area contributed by atoms with E-state index >= 15 is 0 Å². The Morgan fingerprint density at radius 2 is 1.76 bits per heavy atom. The average molecular weight is 364 g/mol. The molecule has 0 saturated carbocycles. The molecular formula is C18H24N2O4S. The van der Waals surface area contributed by atoms with E-state index in [0.29, 0.717) is 18.0 Å². The van der Waals surface area contributed by atoms with E-state index in [9.17, 15) is 13.5 Å². The van der Waals surface area contributed by atoms with Gasteiger partial charge in [-0.05, 0) is 43.3 Å². The maximum atomic E-state index is 11.2. The maximum Gasteiger partial charge on any atom is 0.229 e. The number of hydrogen-bond acceptors (Lipinski definition) is 5. The van der Waals surface area contributed by atoms with Gasteiger partial charge in [-0.3, -0.25) is 4.72 Å². The van der Waals surface area contributed by atoms with Crippen molar-refractivity contribution in [3.05, 3.63) is 54.6 Å². The number of hydrogen-bond donors (Lipinski definition) is 2. The minimum atomic E-state index is -3.29. The SMILES string of the molecule is CCN(CC(O)COc1ccc(NS(C)(=O)=O)cc1)c1ccccc1. The molecule has 0 bridgehead atoms. The molecule has 2 rings (SSSR count). The summed E-state index contributed by atoms with van der Waals surface area (Å²) in [5.41, 5.74) is 1.52. The number of nitrogens with one attached hydrogen (secondary N) is 1. The summed E-state index contributed by atoms with van der Waals surface area (Å²) in [6, 6.07) is 16.5. The van der Waals surface area contributed by atoms with Crippen molar-refractivity contribution in [1.29, 1.82) is 0 Å². The molecule has 0 aliphatic rings. The van der Waals surface area contributed by atoms with Crippen LogP contribution in [0.3, 0.4) is 0 Å². The third-order valence-electron chi connectivity index (χ3n) is 3.53. The van der Waals surface area contributed by atoms with Gasteiger partial charge < -0.3 is 14.7 Å². The van der Waals surface area contributed by atoms with Crippen LogP contribution in [0.5, 0.6) is 5.75 Å². The lowest BCUT2D eigenvalue weighted by molar-refractivity contribution is 0.112. The highest BCUT2D eigenvalue weighted by atomic mass is 32.2. The summed E-state index contributed by atoms with van der Waals surface area (Å²) in [6.07, 6.45) is 0.453. The Morgan fingerprint density at radius 3 is 2.32 bits per heavy atom. The Hall–Kier alpha value is -2.25. The number of anilines is 2. The maximum absolute atomic E-state index is 11.2. The predicted octanol–water partition coefficient (Wildman–Crippen LogP) is 2.32. The van der Waals surface area contributed by atoms with Gasteiger partial charge in [0.1, 0.15) is 18.5 Å². The molecule has 0 amide bonds. The Kier molecular flexibility index (Phi) is 6.66. The molecule has 1 atom stereocenters. The molecule has 7 heteroatoms. The molecule has 136 valence electrons. The first-order chi connectivity index (χ1) is 11.9. The van der Waals surface area contributed by atoms with Crippen molar-refractivity contribution in [3.8, 4) is 5.75 Å². The van der Waals surface area contributed by atoms with Crippen molar-refractivity contribution in [3.63, 3.8) is 0 Å². The van der Waals surface area contributed by atoms with Crippen LogP contribution in [0.25, 0.3) is 0 Å². The highest BCUT2D eigenvalue weighted by molar-refractivity contribution is 7.92. The molecule has 2 N–H and O–H groups in total. The highest BCUT2D eigenvalue weighted by Gasteiger charge is 2.12. The number of sulfonamides is 1. The topological polar surface area (TPSA) is 78.9 Å². The molecule has 0 spiro atoms. The monoisotopic (exact) mass is 364 g/mol. The first-order valence-electron chi connectivity index (χ1n) is 8.06. The molecule has 0 aromatic heterocycles. The molecule has 0 aliphatic heterocycles. The molecule has 0 fully saturated rings. The number of aliphatic hydroxyl groups is 1. The van der Waals surface area contributed by atoms with Gasteiger partial charge in [0.25, 0.3) is 0 Å². The Balaban J connectivity index is 1.86. The quantitative estimate of drug-likeness (QED) is 0.714. The summed E-state index contributed by atoms with van der Waals surface area (Å²) < 4.78 is 30.3. The first kappa shape index (κ1) is 19.1. The van der Waals surface area contributed by atoms with Crippen molar-refractivity contribution in [2.24, 2.45) is 0 Å². The fraction of sp³-hybridized carbons (Fsp3) is 0.333. The van der Waals surface area contributed by atoms with E-state index < -0.39 is 16.1 Å². The molecule has 25 heavy (non-hydrogen) atoms. The fourth-order valence-corrected chi connectivity index (χ4v) is 2.95. The van der Waals surface area contributed by atoms with Crippen LogP contribution in [0.1, 0.15) is 6.92 Å². The molecule has 2 aromatic rings. The number of likely N-dealkylation sites (N-methyl/N-ethyl adjacent to an activating group) is 1. The van der Waals surface area contributed by atoms with E-state index in [1.165, 1.54) is 0 Å². The third kappa shape index (κ3) is 6.64. The Bertz CT molecular complexity index is 748. The Labute approximate surface area is 149 Å². The predicted molar refractivity (Wildman–Crippen MR) is 101 cm³/mol. The third-order valence-corrected chi connectivity index (χ3v) is 4.14. The number of aliphatic hydroxyl groups excluding tert-OH is 1. The van der Waals surface area contributed by atoms with E-state index in [2.05, 4.69) is 9.62 Å². The summed E-state index contributed by atoms with van der Waals surface area (Å²) in [5.74, 6) is 0.570. The zero-order valence-electron chi connectivity index (χ0n) is 14.4. The number of rotatable bonds is 9. The van der Waals surface area contributed by atoms with E-state index in [1.54, 1.807) is 24.3 Å². The van der Waals surface area contributed by atoms with Crippen molar-refractivity contribution in [1.82, 2.24) is 0 Å². The summed E-state index contributed by atoms with van der Waals surface area (Å²) in [4.78, 5) is 2.08. The van der Waals surface area contributed by atoms with E-state index in [0.717, 1.165) is 18.5 Å². The first-order valence-corrected chi connectivity index (χ1v) is 9.95. The summed E-state index contributed by atoms with van der Waals surface area (Å²) >= 11 is 0. The van der Waals surface area contributed by atoms with Gasteiger partial charge in [-0.15, -0.1) is 0 Å². The van der Waals surface area contributed by atoms with Crippen molar-refractivity contribution >= 4 is 21.4 Å². The van der Waals surface area contributed by atoms with E-state index in [-0.39, 0.29) is 6.61 Å². The smallest absolute Gasteiger partial charge is 0.229 e. The minimum absolute atomic E-state index is 0.155. The van der Waals surface area contributed by atoms with Crippen molar-refractivity contribution in [2.45, 2.75) is 13.0 Å². The number of para-hydroxylation sites is 1. The number of ether oxygens (including phenoxy) is 1. The van der Waals surface area contributed by atoms with Gasteiger partial charge >= 0.3 is 0 Å². The highest BCUT2D eigenvalue weighted by Crippen LogP contribution is 2.17. The lowest BCUT2D eigenvalue weighted by atomic mass is 10.2. The van der Waals surface area contributed by atoms with Gasteiger partial charge in [-0.25, -0.2) is 8.42 Å². The van der Waals surface area contributed by atoms with Crippen LogP contribution in [-0.4, -0.2) is 45.6 Å². The summed E-state index contributed by atoms with van der Waals surface area (Å²) in [7, 11) is -3.29. The molecule has 0 aliphatic carbocycles. The summed E-state index contributed by atoms with van der Waals surface area (Å²) in [5, 5.41) is 10.2. The molecule has 0 heterocycles. The molecule has 6 nitrogen and oxygen atoms in total. The van der Waals surface area contributed by atoms with Crippen LogP contribution < -0.4 is 14.4 Å². The lowest BCUT2D eigenvalue weighted by Crippen LogP contribution is -2.35. The van der Waals surface area contributed by atoms with E-state index in [4.69, 9.17) is 4.74 Å². The molecular weight excluding hydrogens is 340 g/mol. The number of nitrogens with zero attached hydrogens (tertiary/aromatic N) is 1. The van der Waals surface area contributed by atoms with Crippen LogP contribution in [0.2, 0.25) is 0 Å². The zero-order valence-corrected chi connectivity index (χ0v) is 15.2. The zero-order chi connectivity index (χ0) is 18.3. The molecule has 1 unspecified atom stereocenters. The van der Waals surface area contributed by atoms with Crippen molar-refractivity contribution in [2.75, 3.05) is 35.6 Å². The van der Waals surface area contributed by atoms with Gasteiger partial charge in [-0.1, -0.05) is 18.2 Å². The van der Waals surface area contributed by atoms with Gasteiger partial charge in [0.15, 0.2) is 0 Å². The van der Waals surface area contributed by atoms with Crippen LogP contribution in [0.15, 0.2) is 54.6 Å². The Morgan fingerprint density at radius 1 is 1.12 bits per heavy atom. The van der Waals surface area contributed by atoms with Crippen LogP contribution in [0, 0.1) is 0 Å². The molecule has 2 aromatic carbocycles. The second-order valence-corrected chi connectivity index (χ2v) is 7.49. The van der Waals surface area contributed by atoms with E-state index in [1.807, 2.05) is 37.3 Å². The second-order valence-electron chi connectivity index (χ2n) is 5.74. The number of benzene rings is 2. The van der Waals surface area contributed by atoms with Crippen LogP contribution >= 0.6 is 0 Å². The summed E-state index contributed by atoms with van der Waals surface area (Å²) in [6.45, 7) is 3.44. The van der Waals surface area contributed by atoms with Gasteiger partial charge in [-0.2, -0.15) is 0 Å². The molecule has 0 radical (unpaired) electrons. The van der Waals surface area contributed by atoms with Gasteiger partial charge in [0.2, 0.25) is 10.0 Å².